The van der Waals surface area contributed by atoms with Gasteiger partial charge in [-0.25, -0.2) is 4.98 Å². The first kappa shape index (κ1) is 31.6. The molecule has 1 aliphatic rings. The van der Waals surface area contributed by atoms with E-state index in [-0.39, 0.29) is 29.0 Å². The molecule has 1 aliphatic heterocycles. The standard InChI is InChI=1S/C36H36N6O5/c1-22-4-7-25(8-5-22)29-20-42(19-23-10-12-47-13-11-23)21-30(34(29)44)32(43)14-24-6-9-31(38-17-24)28-15-26(18-39-35(28)37)27-16-33(45-2)40-41-36(27)46-3/h4-9,15-18,20-21,23H,10-14,19H2,1-3H3,(H2,37,39). The van der Waals surface area contributed by atoms with Crippen molar-refractivity contribution in [3.05, 3.63) is 100 Å². The summed E-state index contributed by atoms with van der Waals surface area (Å²) in [4.78, 5) is 36.4. The summed E-state index contributed by atoms with van der Waals surface area (Å²) in [6.07, 6.45) is 8.72. The van der Waals surface area contributed by atoms with Crippen molar-refractivity contribution in [3.8, 4) is 45.3 Å². The number of benzene rings is 1. The summed E-state index contributed by atoms with van der Waals surface area (Å²) in [5.74, 6) is 1.06. The highest BCUT2D eigenvalue weighted by molar-refractivity contribution is 5.98. The van der Waals surface area contributed by atoms with Gasteiger partial charge in [-0.1, -0.05) is 35.9 Å². The second kappa shape index (κ2) is 13.9. The first-order valence-corrected chi connectivity index (χ1v) is 15.4. The number of hydrogen-bond acceptors (Lipinski definition) is 10. The zero-order chi connectivity index (χ0) is 32.9. The van der Waals surface area contributed by atoms with Gasteiger partial charge in [0, 0.05) is 73.7 Å². The van der Waals surface area contributed by atoms with Gasteiger partial charge in [-0.05, 0) is 48.9 Å². The molecular weight excluding hydrogens is 596 g/mol. The lowest BCUT2D eigenvalue weighted by Crippen LogP contribution is -2.25. The highest BCUT2D eigenvalue weighted by Crippen LogP contribution is 2.34. The van der Waals surface area contributed by atoms with E-state index >= 15 is 0 Å². The summed E-state index contributed by atoms with van der Waals surface area (Å²) < 4.78 is 18.1. The van der Waals surface area contributed by atoms with Crippen molar-refractivity contribution in [1.29, 1.82) is 0 Å². The van der Waals surface area contributed by atoms with E-state index in [0.717, 1.165) is 37.2 Å². The average Bonchev–Trinajstić information content (AvgIpc) is 3.10. The number of anilines is 1. The second-order valence-corrected chi connectivity index (χ2v) is 11.7. The molecule has 240 valence electrons. The number of hydrogen-bond donors (Lipinski definition) is 1. The van der Waals surface area contributed by atoms with E-state index in [4.69, 9.17) is 19.9 Å². The van der Waals surface area contributed by atoms with Crippen molar-refractivity contribution in [2.24, 2.45) is 5.92 Å². The van der Waals surface area contributed by atoms with Crippen LogP contribution in [0.5, 0.6) is 11.8 Å². The molecule has 4 aromatic heterocycles. The minimum absolute atomic E-state index is 0.0184. The van der Waals surface area contributed by atoms with Crippen molar-refractivity contribution < 1.29 is 19.0 Å². The van der Waals surface area contributed by atoms with Crippen LogP contribution in [0.1, 0.15) is 34.3 Å². The molecular formula is C36H36N6O5. The largest absolute Gasteiger partial charge is 0.480 e. The molecule has 0 amide bonds. The molecule has 0 spiro atoms. The summed E-state index contributed by atoms with van der Waals surface area (Å²) in [6.45, 7) is 4.16. The van der Waals surface area contributed by atoms with Crippen molar-refractivity contribution in [2.45, 2.75) is 32.7 Å². The van der Waals surface area contributed by atoms with E-state index in [0.29, 0.717) is 57.7 Å². The van der Waals surface area contributed by atoms with Crippen molar-refractivity contribution in [1.82, 2.24) is 24.7 Å². The summed E-state index contributed by atoms with van der Waals surface area (Å²) in [5.41, 5.74) is 11.7. The van der Waals surface area contributed by atoms with Gasteiger partial charge in [0.1, 0.15) is 5.82 Å². The predicted octanol–water partition coefficient (Wildman–Crippen LogP) is 5.19. The Balaban J connectivity index is 1.28. The van der Waals surface area contributed by atoms with Crippen LogP contribution in [0.2, 0.25) is 0 Å². The lowest BCUT2D eigenvalue weighted by Gasteiger charge is -2.23. The Bertz CT molecular complexity index is 1950. The Labute approximate surface area is 272 Å². The Hall–Kier alpha value is -5.42. The van der Waals surface area contributed by atoms with Gasteiger partial charge >= 0.3 is 0 Å². The van der Waals surface area contributed by atoms with Gasteiger partial charge in [0.25, 0.3) is 0 Å². The number of methoxy groups -OCH3 is 2. The van der Waals surface area contributed by atoms with E-state index in [9.17, 15) is 9.59 Å². The number of nitrogen functional groups attached to an aromatic ring is 1. The normalized spacial score (nSPS) is 13.3. The smallest absolute Gasteiger partial charge is 0.241 e. The number of ketones is 1. The van der Waals surface area contributed by atoms with Crippen LogP contribution in [0.25, 0.3) is 33.5 Å². The van der Waals surface area contributed by atoms with E-state index in [1.807, 2.05) is 54.1 Å². The Morgan fingerprint density at radius 1 is 0.915 bits per heavy atom. The molecule has 0 saturated carbocycles. The molecule has 0 aliphatic carbocycles. The van der Waals surface area contributed by atoms with Crippen molar-refractivity contribution in [3.63, 3.8) is 0 Å². The van der Waals surface area contributed by atoms with Gasteiger partial charge in [-0.15, -0.1) is 10.2 Å². The molecule has 2 N–H and O–H groups in total. The number of rotatable bonds is 10. The maximum Gasteiger partial charge on any atom is 0.241 e. The van der Waals surface area contributed by atoms with Crippen LogP contribution in [0.3, 0.4) is 0 Å². The lowest BCUT2D eigenvalue weighted by atomic mass is 9.97. The van der Waals surface area contributed by atoms with Crippen LogP contribution in [0, 0.1) is 12.8 Å². The minimum atomic E-state index is -0.278. The van der Waals surface area contributed by atoms with Crippen LogP contribution in [-0.2, 0) is 17.7 Å². The van der Waals surface area contributed by atoms with Crippen molar-refractivity contribution >= 4 is 11.6 Å². The topological polar surface area (TPSA) is 144 Å². The molecule has 0 bridgehead atoms. The molecule has 0 radical (unpaired) electrons. The first-order chi connectivity index (χ1) is 22.8. The van der Waals surface area contributed by atoms with Crippen LogP contribution in [0.4, 0.5) is 5.82 Å². The molecule has 6 rings (SSSR count). The molecule has 1 fully saturated rings. The minimum Gasteiger partial charge on any atom is -0.480 e. The maximum absolute atomic E-state index is 13.7. The highest BCUT2D eigenvalue weighted by Gasteiger charge is 2.20. The number of nitrogens with zero attached hydrogens (tertiary/aromatic N) is 5. The van der Waals surface area contributed by atoms with Gasteiger partial charge in [0.15, 0.2) is 11.2 Å². The SMILES string of the molecule is COc1cc(-c2cnc(N)c(-c3ccc(CC(=O)c4cn(CC5CCOCC5)cc(-c5ccc(C)cc5)c4=O)cn3)c2)c(OC)nn1. The average molecular weight is 633 g/mol. The van der Waals surface area contributed by atoms with Gasteiger partial charge in [-0.3, -0.25) is 14.6 Å². The Morgan fingerprint density at radius 3 is 2.40 bits per heavy atom. The monoisotopic (exact) mass is 632 g/mol. The van der Waals surface area contributed by atoms with E-state index in [2.05, 4.69) is 20.2 Å². The van der Waals surface area contributed by atoms with Gasteiger partial charge in [0.2, 0.25) is 11.8 Å². The molecule has 11 heteroatoms. The number of nitrogens with two attached hydrogens (primary N) is 1. The van der Waals surface area contributed by atoms with E-state index < -0.39 is 0 Å². The van der Waals surface area contributed by atoms with Crippen LogP contribution in [0.15, 0.2) is 78.1 Å². The molecule has 0 atom stereocenters. The first-order valence-electron chi connectivity index (χ1n) is 15.4. The fourth-order valence-electron chi connectivity index (χ4n) is 5.72. The lowest BCUT2D eigenvalue weighted by molar-refractivity contribution is 0.0612. The Morgan fingerprint density at radius 2 is 1.70 bits per heavy atom. The third-order valence-corrected chi connectivity index (χ3v) is 8.39. The second-order valence-electron chi connectivity index (χ2n) is 11.7. The highest BCUT2D eigenvalue weighted by atomic mass is 16.5. The van der Waals surface area contributed by atoms with Crippen LogP contribution in [-0.4, -0.2) is 57.9 Å². The summed E-state index contributed by atoms with van der Waals surface area (Å²) in [5, 5.41) is 8.03. The number of ether oxygens (including phenoxy) is 3. The number of Topliss-reactive ketones (excluding diaryl/α,β-unsaturated/α-hetero) is 1. The molecule has 5 heterocycles. The predicted molar refractivity (Wildman–Crippen MR) is 178 cm³/mol. The summed E-state index contributed by atoms with van der Waals surface area (Å²) in [7, 11) is 3.01. The molecule has 1 aromatic carbocycles. The van der Waals surface area contributed by atoms with Crippen LogP contribution >= 0.6 is 0 Å². The zero-order valence-electron chi connectivity index (χ0n) is 26.6. The number of pyridine rings is 3. The van der Waals surface area contributed by atoms with E-state index in [1.54, 1.807) is 30.7 Å². The molecule has 47 heavy (non-hydrogen) atoms. The summed E-state index contributed by atoms with van der Waals surface area (Å²) in [6, 6.07) is 14.9. The number of aryl methyl sites for hydroxylation is 1. The van der Waals surface area contributed by atoms with Crippen LogP contribution < -0.4 is 20.6 Å². The number of aromatic nitrogens is 5. The maximum atomic E-state index is 13.7. The quantitative estimate of drug-likeness (QED) is 0.204. The number of carbonyl (C=O) groups is 1. The fourth-order valence-corrected chi connectivity index (χ4v) is 5.72. The fraction of sp³-hybridized carbons (Fsp3) is 0.278. The molecule has 11 nitrogen and oxygen atoms in total. The Kier molecular flexibility index (Phi) is 9.35. The third kappa shape index (κ3) is 7.05. The summed E-state index contributed by atoms with van der Waals surface area (Å²) >= 11 is 0. The van der Waals surface area contributed by atoms with E-state index in [1.165, 1.54) is 14.2 Å². The van der Waals surface area contributed by atoms with Gasteiger partial charge in [0.05, 0.1) is 31.0 Å². The third-order valence-electron chi connectivity index (χ3n) is 8.39. The number of carbonyl (C=O) groups excluding carboxylic acids is 1. The zero-order valence-corrected chi connectivity index (χ0v) is 26.6. The molecule has 1 saturated heterocycles. The van der Waals surface area contributed by atoms with Gasteiger partial charge in [-0.2, -0.15) is 0 Å². The molecule has 5 aromatic rings. The van der Waals surface area contributed by atoms with Crippen molar-refractivity contribution in [2.75, 3.05) is 33.2 Å². The van der Waals surface area contributed by atoms with Gasteiger partial charge < -0.3 is 24.5 Å². The molecule has 0 unspecified atom stereocenters.